The first-order valence-corrected chi connectivity index (χ1v) is 8.44. The summed E-state index contributed by atoms with van der Waals surface area (Å²) in [5, 5.41) is 8.00. The highest BCUT2D eigenvalue weighted by atomic mass is 16.5. The van der Waals surface area contributed by atoms with Crippen LogP contribution >= 0.6 is 0 Å². The highest BCUT2D eigenvalue weighted by Crippen LogP contribution is 2.19. The molecule has 0 saturated carbocycles. The summed E-state index contributed by atoms with van der Waals surface area (Å²) in [6, 6.07) is 6.88. The molecule has 0 saturated heterocycles. The smallest absolute Gasteiger partial charge is 0.328 e. The van der Waals surface area contributed by atoms with Crippen molar-refractivity contribution in [2.45, 2.75) is 39.3 Å². The van der Waals surface area contributed by atoms with Gasteiger partial charge in [-0.3, -0.25) is 9.48 Å². The SMILES string of the molecule is C=CCCCn1nc(C(=O)NC(C(=O)OC)C(C)C)c2ccccc21. The van der Waals surface area contributed by atoms with E-state index in [1.165, 1.54) is 7.11 Å². The van der Waals surface area contributed by atoms with Crippen LogP contribution in [-0.4, -0.2) is 34.8 Å². The van der Waals surface area contributed by atoms with Crippen LogP contribution in [-0.2, 0) is 16.1 Å². The molecule has 25 heavy (non-hydrogen) atoms. The van der Waals surface area contributed by atoms with E-state index in [2.05, 4.69) is 17.0 Å². The first-order valence-electron chi connectivity index (χ1n) is 8.44. The van der Waals surface area contributed by atoms with Crippen molar-refractivity contribution in [3.8, 4) is 0 Å². The molecule has 0 aliphatic rings. The van der Waals surface area contributed by atoms with Crippen molar-refractivity contribution in [1.29, 1.82) is 0 Å². The molecule has 1 aromatic carbocycles. The number of nitrogens with zero attached hydrogens (tertiary/aromatic N) is 2. The maximum atomic E-state index is 12.7. The monoisotopic (exact) mass is 343 g/mol. The number of carbonyl (C=O) groups is 2. The Bertz CT molecular complexity index is 764. The summed E-state index contributed by atoms with van der Waals surface area (Å²) >= 11 is 0. The minimum atomic E-state index is -0.706. The Morgan fingerprint density at radius 2 is 2.08 bits per heavy atom. The number of nitrogens with one attached hydrogen (secondary N) is 1. The minimum absolute atomic E-state index is 0.0858. The lowest BCUT2D eigenvalue weighted by Gasteiger charge is -2.19. The largest absolute Gasteiger partial charge is 0.467 e. The molecule has 0 fully saturated rings. The van der Waals surface area contributed by atoms with Crippen molar-refractivity contribution in [3.63, 3.8) is 0 Å². The quantitative estimate of drug-likeness (QED) is 0.454. The Labute approximate surface area is 147 Å². The Balaban J connectivity index is 2.31. The number of para-hydroxylation sites is 1. The zero-order valence-corrected chi connectivity index (χ0v) is 15.0. The van der Waals surface area contributed by atoms with Crippen LogP contribution in [0.1, 0.15) is 37.2 Å². The predicted molar refractivity (Wildman–Crippen MR) is 97.3 cm³/mol. The molecule has 2 aromatic rings. The number of benzene rings is 1. The van der Waals surface area contributed by atoms with Gasteiger partial charge in [-0.05, 0) is 24.8 Å². The highest BCUT2D eigenvalue weighted by Gasteiger charge is 2.27. The van der Waals surface area contributed by atoms with Crippen LogP contribution in [0.4, 0.5) is 0 Å². The van der Waals surface area contributed by atoms with Crippen molar-refractivity contribution >= 4 is 22.8 Å². The van der Waals surface area contributed by atoms with E-state index in [1.54, 1.807) is 0 Å². The minimum Gasteiger partial charge on any atom is -0.467 e. The predicted octanol–water partition coefficient (Wildman–Crippen LogP) is 2.93. The standard InChI is InChI=1S/C19H25N3O3/c1-5-6-9-12-22-15-11-8-7-10-14(15)17(21-22)18(23)20-16(13(2)3)19(24)25-4/h5,7-8,10-11,13,16H,1,6,9,12H2,2-4H3,(H,20,23). The third-order valence-corrected chi connectivity index (χ3v) is 4.06. The van der Waals surface area contributed by atoms with E-state index in [1.807, 2.05) is 48.9 Å². The average molecular weight is 343 g/mol. The van der Waals surface area contributed by atoms with Crippen LogP contribution < -0.4 is 5.32 Å². The molecule has 0 spiro atoms. The number of ether oxygens (including phenoxy) is 1. The summed E-state index contributed by atoms with van der Waals surface area (Å²) in [5.74, 6) is -0.918. The molecule has 6 heteroatoms. The van der Waals surface area contributed by atoms with Crippen LogP contribution in [0.15, 0.2) is 36.9 Å². The molecular formula is C19H25N3O3. The highest BCUT2D eigenvalue weighted by molar-refractivity contribution is 6.06. The van der Waals surface area contributed by atoms with Gasteiger partial charge < -0.3 is 10.1 Å². The molecule has 1 aromatic heterocycles. The number of aromatic nitrogens is 2. The maximum absolute atomic E-state index is 12.7. The molecule has 1 N–H and O–H groups in total. The van der Waals surface area contributed by atoms with E-state index < -0.39 is 12.0 Å². The molecule has 0 aliphatic carbocycles. The van der Waals surface area contributed by atoms with E-state index in [0.29, 0.717) is 12.2 Å². The lowest BCUT2D eigenvalue weighted by molar-refractivity contribution is -0.144. The van der Waals surface area contributed by atoms with Gasteiger partial charge in [0, 0.05) is 11.9 Å². The normalized spacial score (nSPS) is 12.2. The van der Waals surface area contributed by atoms with Crippen LogP contribution in [0.2, 0.25) is 0 Å². The van der Waals surface area contributed by atoms with E-state index in [0.717, 1.165) is 23.7 Å². The van der Waals surface area contributed by atoms with Gasteiger partial charge in [0.25, 0.3) is 5.91 Å². The fraction of sp³-hybridized carbons (Fsp3) is 0.421. The molecule has 1 unspecified atom stereocenters. The lowest BCUT2D eigenvalue weighted by Crippen LogP contribution is -2.45. The average Bonchev–Trinajstić information content (AvgIpc) is 2.98. The van der Waals surface area contributed by atoms with Crippen molar-refractivity contribution < 1.29 is 14.3 Å². The maximum Gasteiger partial charge on any atom is 0.328 e. The third kappa shape index (κ3) is 4.26. The second kappa shape index (κ2) is 8.46. The van der Waals surface area contributed by atoms with Gasteiger partial charge in [0.05, 0.1) is 12.6 Å². The number of rotatable bonds is 8. The molecule has 0 bridgehead atoms. The fourth-order valence-electron chi connectivity index (χ4n) is 2.69. The number of unbranched alkanes of at least 4 members (excludes halogenated alkanes) is 1. The number of hydrogen-bond acceptors (Lipinski definition) is 4. The topological polar surface area (TPSA) is 73.2 Å². The molecule has 1 heterocycles. The van der Waals surface area contributed by atoms with Gasteiger partial charge in [0.1, 0.15) is 6.04 Å². The molecule has 6 nitrogen and oxygen atoms in total. The molecule has 1 atom stereocenters. The van der Waals surface area contributed by atoms with Gasteiger partial charge >= 0.3 is 5.97 Å². The number of aryl methyl sites for hydroxylation is 1. The summed E-state index contributed by atoms with van der Waals surface area (Å²) < 4.78 is 6.61. The van der Waals surface area contributed by atoms with Gasteiger partial charge in [0.2, 0.25) is 0 Å². The summed E-state index contributed by atoms with van der Waals surface area (Å²) in [6.45, 7) is 8.13. The number of esters is 1. The Morgan fingerprint density at radius 1 is 1.36 bits per heavy atom. The van der Waals surface area contributed by atoms with Gasteiger partial charge in [-0.25, -0.2) is 4.79 Å². The first kappa shape index (κ1) is 18.7. The molecule has 0 aliphatic heterocycles. The number of fused-ring (bicyclic) bond motifs is 1. The van der Waals surface area contributed by atoms with Gasteiger partial charge in [-0.1, -0.05) is 38.1 Å². The summed E-state index contributed by atoms with van der Waals surface area (Å²) in [6.07, 6.45) is 3.64. The molecule has 134 valence electrons. The number of allylic oxidation sites excluding steroid dienone is 1. The lowest BCUT2D eigenvalue weighted by atomic mass is 10.0. The van der Waals surface area contributed by atoms with Gasteiger partial charge in [-0.2, -0.15) is 5.10 Å². The number of hydrogen-bond donors (Lipinski definition) is 1. The number of amides is 1. The van der Waals surface area contributed by atoms with Gasteiger partial charge in [-0.15, -0.1) is 6.58 Å². The molecule has 1 amide bonds. The van der Waals surface area contributed by atoms with Crippen molar-refractivity contribution in [1.82, 2.24) is 15.1 Å². The van der Waals surface area contributed by atoms with Crippen LogP contribution in [0.3, 0.4) is 0 Å². The van der Waals surface area contributed by atoms with Crippen molar-refractivity contribution in [3.05, 3.63) is 42.6 Å². The summed E-state index contributed by atoms with van der Waals surface area (Å²) in [5.41, 5.74) is 1.22. The van der Waals surface area contributed by atoms with Crippen molar-refractivity contribution in [2.24, 2.45) is 5.92 Å². The molecule has 0 radical (unpaired) electrons. The zero-order valence-electron chi connectivity index (χ0n) is 15.0. The Morgan fingerprint density at radius 3 is 2.72 bits per heavy atom. The third-order valence-electron chi connectivity index (χ3n) is 4.06. The van der Waals surface area contributed by atoms with E-state index in [4.69, 9.17) is 4.74 Å². The van der Waals surface area contributed by atoms with E-state index >= 15 is 0 Å². The number of carbonyl (C=O) groups excluding carboxylic acids is 2. The van der Waals surface area contributed by atoms with E-state index in [-0.39, 0.29) is 11.8 Å². The molecule has 2 rings (SSSR count). The second-order valence-electron chi connectivity index (χ2n) is 6.24. The first-order chi connectivity index (χ1) is 12.0. The van der Waals surface area contributed by atoms with Crippen LogP contribution in [0, 0.1) is 5.92 Å². The zero-order chi connectivity index (χ0) is 18.4. The van der Waals surface area contributed by atoms with Crippen molar-refractivity contribution in [2.75, 3.05) is 7.11 Å². The Kier molecular flexibility index (Phi) is 6.33. The molecular weight excluding hydrogens is 318 g/mol. The van der Waals surface area contributed by atoms with E-state index in [9.17, 15) is 9.59 Å². The summed E-state index contributed by atoms with van der Waals surface area (Å²) in [4.78, 5) is 24.6. The second-order valence-corrected chi connectivity index (χ2v) is 6.24. The number of methoxy groups -OCH3 is 1. The summed E-state index contributed by atoms with van der Waals surface area (Å²) in [7, 11) is 1.31. The van der Waals surface area contributed by atoms with Crippen LogP contribution in [0.5, 0.6) is 0 Å². The van der Waals surface area contributed by atoms with Gasteiger partial charge in [0.15, 0.2) is 5.69 Å². The van der Waals surface area contributed by atoms with Crippen LogP contribution in [0.25, 0.3) is 10.9 Å². The Hall–Kier alpha value is -2.63. The fourth-order valence-corrected chi connectivity index (χ4v) is 2.69.